The number of amides is 1. The van der Waals surface area contributed by atoms with Gasteiger partial charge in [-0.2, -0.15) is 5.10 Å². The molecule has 148 valence electrons. The van der Waals surface area contributed by atoms with Crippen LogP contribution in [0.3, 0.4) is 0 Å². The molecule has 0 bridgehead atoms. The van der Waals surface area contributed by atoms with Gasteiger partial charge in [0.1, 0.15) is 5.82 Å². The Balaban J connectivity index is 1.64. The van der Waals surface area contributed by atoms with Crippen LogP contribution in [0.15, 0.2) is 42.9 Å². The summed E-state index contributed by atoms with van der Waals surface area (Å²) in [6, 6.07) is 6.97. The molecule has 9 heteroatoms. The maximum Gasteiger partial charge on any atom is 0.253 e. The molecule has 0 aliphatic rings. The highest BCUT2D eigenvalue weighted by Crippen LogP contribution is 2.35. The summed E-state index contributed by atoms with van der Waals surface area (Å²) >= 11 is 12.9. The van der Waals surface area contributed by atoms with E-state index in [0.29, 0.717) is 27.1 Å². The van der Waals surface area contributed by atoms with E-state index < -0.39 is 0 Å². The Morgan fingerprint density at radius 2 is 2.00 bits per heavy atom. The predicted octanol–water partition coefficient (Wildman–Crippen LogP) is 4.72. The largest absolute Gasteiger partial charge is 0.353 e. The number of fused-ring (bicyclic) bond motifs is 1. The second-order valence-corrected chi connectivity index (χ2v) is 7.64. The zero-order valence-electron chi connectivity index (χ0n) is 16.0. The first-order chi connectivity index (χ1) is 13.8. The fraction of sp³-hybridized carbons (Fsp3) is 0.150. The van der Waals surface area contributed by atoms with Crippen LogP contribution < -0.4 is 5.32 Å². The summed E-state index contributed by atoms with van der Waals surface area (Å²) in [7, 11) is 5.25. The van der Waals surface area contributed by atoms with Crippen LogP contribution >= 0.6 is 23.2 Å². The number of H-pyrrole nitrogens is 1. The highest BCUT2D eigenvalue weighted by molar-refractivity contribution is 6.38. The van der Waals surface area contributed by atoms with Gasteiger partial charge in [-0.1, -0.05) is 23.2 Å². The van der Waals surface area contributed by atoms with E-state index in [4.69, 9.17) is 23.2 Å². The Hall–Kier alpha value is -3.03. The van der Waals surface area contributed by atoms with Crippen molar-refractivity contribution in [3.8, 4) is 11.3 Å². The van der Waals surface area contributed by atoms with Gasteiger partial charge in [-0.15, -0.1) is 0 Å². The number of nitrogens with one attached hydrogen (secondary N) is 2. The van der Waals surface area contributed by atoms with Crippen molar-refractivity contribution in [1.29, 1.82) is 0 Å². The van der Waals surface area contributed by atoms with Crippen LogP contribution in [0.25, 0.3) is 22.2 Å². The summed E-state index contributed by atoms with van der Waals surface area (Å²) in [5.74, 6) is 0.490. The van der Waals surface area contributed by atoms with Crippen LogP contribution in [-0.2, 0) is 7.05 Å². The molecule has 2 N–H and O–H groups in total. The number of nitrogens with zero attached hydrogens (tertiary/aromatic N) is 4. The molecule has 0 saturated carbocycles. The Morgan fingerprint density at radius 3 is 2.66 bits per heavy atom. The lowest BCUT2D eigenvalue weighted by Crippen LogP contribution is -2.21. The van der Waals surface area contributed by atoms with Crippen LogP contribution in [0.2, 0.25) is 10.0 Å². The Kier molecular flexibility index (Phi) is 4.94. The number of carbonyl (C=O) groups excluding carboxylic acids is 1. The number of aryl methyl sites for hydroxylation is 1. The van der Waals surface area contributed by atoms with Crippen molar-refractivity contribution >= 4 is 51.5 Å². The van der Waals surface area contributed by atoms with Gasteiger partial charge in [0, 0.05) is 56.1 Å². The zero-order valence-corrected chi connectivity index (χ0v) is 17.5. The van der Waals surface area contributed by atoms with Crippen LogP contribution in [-0.4, -0.2) is 44.7 Å². The van der Waals surface area contributed by atoms with Crippen LogP contribution in [0.1, 0.15) is 10.4 Å². The average molecular weight is 429 g/mol. The summed E-state index contributed by atoms with van der Waals surface area (Å²) in [6.45, 7) is 0. The third-order valence-electron chi connectivity index (χ3n) is 4.50. The average Bonchev–Trinajstić information content (AvgIpc) is 3.25. The minimum absolute atomic E-state index is 0.109. The standard InChI is InChI=1S/C20H18Cl2N6O/c1-27(2)20(29)11-4-5-15(14(21)6-11)25-17-7-16-13(9-23-17)18(22)19(26-16)12-8-24-28(3)10-12/h4-10,26H,1-3H3,(H,23,25). The number of pyridine rings is 1. The Bertz CT molecular complexity index is 1230. The normalized spacial score (nSPS) is 11.1. The molecule has 3 aromatic heterocycles. The lowest BCUT2D eigenvalue weighted by molar-refractivity contribution is 0.0827. The molecule has 0 radical (unpaired) electrons. The maximum atomic E-state index is 12.1. The molecule has 4 rings (SSSR count). The topological polar surface area (TPSA) is 78.8 Å². The van der Waals surface area contributed by atoms with Gasteiger partial charge < -0.3 is 15.2 Å². The first-order valence-electron chi connectivity index (χ1n) is 8.78. The molecule has 7 nitrogen and oxygen atoms in total. The van der Waals surface area contributed by atoms with E-state index in [1.54, 1.807) is 49.4 Å². The number of aromatic amines is 1. The third-order valence-corrected chi connectivity index (χ3v) is 5.20. The lowest BCUT2D eigenvalue weighted by atomic mass is 10.2. The zero-order chi connectivity index (χ0) is 20.7. The van der Waals surface area contributed by atoms with Crippen molar-refractivity contribution in [3.63, 3.8) is 0 Å². The van der Waals surface area contributed by atoms with Crippen molar-refractivity contribution in [3.05, 3.63) is 58.5 Å². The van der Waals surface area contributed by atoms with Crippen molar-refractivity contribution in [1.82, 2.24) is 24.6 Å². The number of halogens is 2. The van der Waals surface area contributed by atoms with Crippen molar-refractivity contribution in [2.24, 2.45) is 7.05 Å². The molecule has 1 aromatic carbocycles. The van der Waals surface area contributed by atoms with Crippen molar-refractivity contribution < 1.29 is 4.79 Å². The molecule has 0 spiro atoms. The maximum absolute atomic E-state index is 12.1. The number of hydrogen-bond donors (Lipinski definition) is 2. The quantitative estimate of drug-likeness (QED) is 0.492. The van der Waals surface area contributed by atoms with Crippen LogP contribution in [0.4, 0.5) is 11.5 Å². The molecular formula is C20H18Cl2N6O. The van der Waals surface area contributed by atoms with Gasteiger partial charge in [0.05, 0.1) is 33.1 Å². The summed E-state index contributed by atoms with van der Waals surface area (Å²) < 4.78 is 1.72. The summed E-state index contributed by atoms with van der Waals surface area (Å²) in [6.07, 6.45) is 5.34. The number of aromatic nitrogens is 4. The highest BCUT2D eigenvalue weighted by atomic mass is 35.5. The molecule has 0 aliphatic heterocycles. The van der Waals surface area contributed by atoms with Crippen LogP contribution in [0, 0.1) is 0 Å². The molecule has 0 aliphatic carbocycles. The molecule has 4 aromatic rings. The number of hydrogen-bond acceptors (Lipinski definition) is 4. The number of rotatable bonds is 4. The van der Waals surface area contributed by atoms with E-state index in [-0.39, 0.29) is 5.91 Å². The number of carbonyl (C=O) groups is 1. The monoisotopic (exact) mass is 428 g/mol. The van der Waals surface area contributed by atoms with Crippen molar-refractivity contribution in [2.45, 2.75) is 0 Å². The molecular weight excluding hydrogens is 411 g/mol. The second-order valence-electron chi connectivity index (χ2n) is 6.85. The molecule has 0 unspecified atom stereocenters. The SMILES string of the molecule is CN(C)C(=O)c1ccc(Nc2cc3[nH]c(-c4cnn(C)c4)c(Cl)c3cn2)c(Cl)c1. The predicted molar refractivity (Wildman–Crippen MR) is 116 cm³/mol. The molecule has 0 fully saturated rings. The smallest absolute Gasteiger partial charge is 0.253 e. The summed E-state index contributed by atoms with van der Waals surface area (Å²) in [5, 5.41) is 9.21. The summed E-state index contributed by atoms with van der Waals surface area (Å²) in [4.78, 5) is 21.3. The third kappa shape index (κ3) is 3.66. The van der Waals surface area contributed by atoms with Gasteiger partial charge in [0.25, 0.3) is 5.91 Å². The Morgan fingerprint density at radius 1 is 1.21 bits per heavy atom. The van der Waals surface area contributed by atoms with E-state index in [2.05, 4.69) is 20.4 Å². The fourth-order valence-electron chi connectivity index (χ4n) is 3.02. The van der Waals surface area contributed by atoms with E-state index in [1.807, 2.05) is 19.3 Å². The Labute approximate surface area is 177 Å². The van der Waals surface area contributed by atoms with Gasteiger partial charge in [0.2, 0.25) is 0 Å². The second kappa shape index (κ2) is 7.42. The molecule has 3 heterocycles. The first kappa shape index (κ1) is 19.3. The van der Waals surface area contributed by atoms with Gasteiger partial charge in [-0.25, -0.2) is 4.98 Å². The minimum Gasteiger partial charge on any atom is -0.353 e. The van der Waals surface area contributed by atoms with E-state index >= 15 is 0 Å². The molecule has 29 heavy (non-hydrogen) atoms. The minimum atomic E-state index is -0.109. The molecule has 0 saturated heterocycles. The van der Waals surface area contributed by atoms with E-state index in [1.165, 1.54) is 4.90 Å². The number of anilines is 2. The molecule has 1 amide bonds. The van der Waals surface area contributed by atoms with E-state index in [0.717, 1.165) is 22.2 Å². The van der Waals surface area contributed by atoms with E-state index in [9.17, 15) is 4.79 Å². The number of benzene rings is 1. The first-order valence-corrected chi connectivity index (χ1v) is 9.53. The summed E-state index contributed by atoms with van der Waals surface area (Å²) in [5.41, 5.74) is 3.69. The van der Waals surface area contributed by atoms with Gasteiger partial charge in [0.15, 0.2) is 0 Å². The molecule has 0 atom stereocenters. The highest BCUT2D eigenvalue weighted by Gasteiger charge is 2.15. The van der Waals surface area contributed by atoms with Crippen LogP contribution in [0.5, 0.6) is 0 Å². The van der Waals surface area contributed by atoms with Gasteiger partial charge >= 0.3 is 0 Å². The van der Waals surface area contributed by atoms with Gasteiger partial charge in [-0.3, -0.25) is 9.48 Å². The lowest BCUT2D eigenvalue weighted by Gasteiger charge is -2.12. The fourth-order valence-corrected chi connectivity index (χ4v) is 3.56. The van der Waals surface area contributed by atoms with Crippen molar-refractivity contribution in [2.75, 3.05) is 19.4 Å². The van der Waals surface area contributed by atoms with Gasteiger partial charge in [-0.05, 0) is 18.2 Å².